The summed E-state index contributed by atoms with van der Waals surface area (Å²) in [4.78, 5) is 24.0. The fraction of sp³-hybridized carbons (Fsp3) is 0.227. The van der Waals surface area contributed by atoms with Crippen LogP contribution in [0.3, 0.4) is 0 Å². The number of carboxylic acid groups (broad SMARTS) is 1. The van der Waals surface area contributed by atoms with Crippen molar-refractivity contribution in [2.24, 2.45) is 7.05 Å². The van der Waals surface area contributed by atoms with Crippen molar-refractivity contribution < 1.29 is 33.0 Å². The van der Waals surface area contributed by atoms with Gasteiger partial charge >= 0.3 is 12.6 Å². The molecule has 0 radical (unpaired) electrons. The number of carbonyl (C=O) groups excluding carboxylic acids is 1. The Morgan fingerprint density at radius 1 is 1.12 bits per heavy atom. The van der Waals surface area contributed by atoms with Gasteiger partial charge in [0.2, 0.25) is 5.88 Å². The second-order valence-electron chi connectivity index (χ2n) is 6.97. The first-order valence-corrected chi connectivity index (χ1v) is 9.56. The zero-order valence-corrected chi connectivity index (χ0v) is 17.5. The van der Waals surface area contributed by atoms with Gasteiger partial charge < -0.3 is 19.9 Å². The molecule has 32 heavy (non-hydrogen) atoms. The highest BCUT2D eigenvalue weighted by Gasteiger charge is 2.24. The third kappa shape index (κ3) is 5.20. The van der Waals surface area contributed by atoms with Gasteiger partial charge in [0.25, 0.3) is 5.91 Å². The monoisotopic (exact) mass is 445 g/mol. The number of aryl methyl sites for hydroxylation is 2. The molecule has 0 aliphatic rings. The minimum Gasteiger partial charge on any atom is -0.478 e. The van der Waals surface area contributed by atoms with Crippen LogP contribution in [0.25, 0.3) is 0 Å². The maximum Gasteiger partial charge on any atom is 0.387 e. The van der Waals surface area contributed by atoms with E-state index in [4.69, 9.17) is 9.84 Å². The number of halogens is 2. The van der Waals surface area contributed by atoms with Crippen molar-refractivity contribution in [2.45, 2.75) is 26.5 Å². The first-order valence-electron chi connectivity index (χ1n) is 9.56. The molecule has 0 aliphatic carbocycles. The summed E-state index contributed by atoms with van der Waals surface area (Å²) in [5.41, 5.74) is 1.45. The van der Waals surface area contributed by atoms with Crippen LogP contribution in [0.1, 0.15) is 44.9 Å². The van der Waals surface area contributed by atoms with Crippen molar-refractivity contribution >= 4 is 11.9 Å². The van der Waals surface area contributed by atoms with Crippen LogP contribution in [-0.4, -0.2) is 33.4 Å². The Hall–Kier alpha value is -3.95. The zero-order chi connectivity index (χ0) is 23.4. The van der Waals surface area contributed by atoms with Crippen molar-refractivity contribution in [2.75, 3.05) is 0 Å². The molecule has 2 N–H and O–H groups in total. The fourth-order valence-electron chi connectivity index (χ4n) is 3.11. The lowest BCUT2D eigenvalue weighted by molar-refractivity contribution is -0.0499. The minimum atomic E-state index is -2.98. The Labute approximate surface area is 182 Å². The van der Waals surface area contributed by atoms with Gasteiger partial charge in [0.1, 0.15) is 17.1 Å². The van der Waals surface area contributed by atoms with Gasteiger partial charge in [-0.2, -0.15) is 13.9 Å². The number of rotatable bonds is 8. The molecule has 0 aliphatic heterocycles. The van der Waals surface area contributed by atoms with E-state index in [1.54, 1.807) is 33.0 Å². The molecule has 168 valence electrons. The standard InChI is InChI=1S/C22H21F2N3O5/c1-12(14-7-9-15(10-8-14)21(29)30)25-19(28)18-13(2)26-27(3)20(18)31-16-5-4-6-17(11-16)32-22(23)24/h4-12,22H,1-3H3,(H,25,28)(H,29,30)/t12-/m0/s1. The van der Waals surface area contributed by atoms with Crippen LogP contribution in [0, 0.1) is 6.92 Å². The van der Waals surface area contributed by atoms with Crippen LogP contribution in [0.4, 0.5) is 8.78 Å². The molecule has 2 aromatic carbocycles. The van der Waals surface area contributed by atoms with Gasteiger partial charge in [-0.05, 0) is 43.7 Å². The second-order valence-corrected chi connectivity index (χ2v) is 6.97. The van der Waals surface area contributed by atoms with E-state index in [1.807, 2.05) is 0 Å². The van der Waals surface area contributed by atoms with E-state index in [9.17, 15) is 18.4 Å². The van der Waals surface area contributed by atoms with Crippen LogP contribution < -0.4 is 14.8 Å². The Kier molecular flexibility index (Phi) is 6.72. The summed E-state index contributed by atoms with van der Waals surface area (Å²) in [6.45, 7) is 0.423. The largest absolute Gasteiger partial charge is 0.478 e. The van der Waals surface area contributed by atoms with Crippen molar-refractivity contribution in [1.29, 1.82) is 0 Å². The van der Waals surface area contributed by atoms with Crippen LogP contribution in [0.5, 0.6) is 17.4 Å². The highest BCUT2D eigenvalue weighted by Crippen LogP contribution is 2.30. The van der Waals surface area contributed by atoms with Crippen LogP contribution >= 0.6 is 0 Å². The summed E-state index contributed by atoms with van der Waals surface area (Å²) in [6, 6.07) is 11.4. The lowest BCUT2D eigenvalue weighted by Crippen LogP contribution is -2.27. The average molecular weight is 445 g/mol. The molecular formula is C22H21F2N3O5. The Morgan fingerprint density at radius 3 is 2.41 bits per heavy atom. The summed E-state index contributed by atoms with van der Waals surface area (Å²) < 4.78 is 36.5. The van der Waals surface area contributed by atoms with E-state index < -0.39 is 24.5 Å². The van der Waals surface area contributed by atoms with Gasteiger partial charge in [-0.1, -0.05) is 18.2 Å². The smallest absolute Gasteiger partial charge is 0.387 e. The van der Waals surface area contributed by atoms with Gasteiger partial charge in [0, 0.05) is 13.1 Å². The average Bonchev–Trinajstić information content (AvgIpc) is 3.00. The van der Waals surface area contributed by atoms with E-state index in [-0.39, 0.29) is 28.5 Å². The fourth-order valence-corrected chi connectivity index (χ4v) is 3.11. The lowest BCUT2D eigenvalue weighted by atomic mass is 10.1. The van der Waals surface area contributed by atoms with Crippen molar-refractivity contribution in [1.82, 2.24) is 15.1 Å². The summed E-state index contributed by atoms with van der Waals surface area (Å²) in [7, 11) is 1.59. The number of carboxylic acids is 1. The summed E-state index contributed by atoms with van der Waals surface area (Å²) in [5, 5.41) is 16.1. The maximum absolute atomic E-state index is 13.0. The number of nitrogens with zero attached hydrogens (tertiary/aromatic N) is 2. The van der Waals surface area contributed by atoms with E-state index in [0.717, 1.165) is 0 Å². The van der Waals surface area contributed by atoms with Gasteiger partial charge in [-0.15, -0.1) is 0 Å². The number of aromatic nitrogens is 2. The molecular weight excluding hydrogens is 424 g/mol. The number of alkyl halides is 2. The molecule has 1 atom stereocenters. The minimum absolute atomic E-state index is 0.0826. The number of benzene rings is 2. The summed E-state index contributed by atoms with van der Waals surface area (Å²) >= 11 is 0. The third-order valence-corrected chi connectivity index (χ3v) is 4.65. The van der Waals surface area contributed by atoms with E-state index in [1.165, 1.54) is 41.1 Å². The summed E-state index contributed by atoms with van der Waals surface area (Å²) in [6.07, 6.45) is 0. The molecule has 1 aromatic heterocycles. The molecule has 0 fully saturated rings. The molecule has 0 bridgehead atoms. The summed E-state index contributed by atoms with van der Waals surface area (Å²) in [5.74, 6) is -1.26. The number of hydrogen-bond acceptors (Lipinski definition) is 5. The molecule has 0 saturated heterocycles. The number of ether oxygens (including phenoxy) is 2. The maximum atomic E-state index is 13.0. The molecule has 3 aromatic rings. The molecule has 8 nitrogen and oxygen atoms in total. The molecule has 1 heterocycles. The molecule has 10 heteroatoms. The van der Waals surface area contributed by atoms with Crippen LogP contribution in [0.15, 0.2) is 48.5 Å². The van der Waals surface area contributed by atoms with Crippen LogP contribution in [0.2, 0.25) is 0 Å². The molecule has 0 saturated carbocycles. The predicted octanol–water partition coefficient (Wildman–Crippen LogP) is 4.31. The topological polar surface area (TPSA) is 103 Å². The van der Waals surface area contributed by atoms with Crippen molar-refractivity contribution in [3.05, 3.63) is 70.9 Å². The first-order chi connectivity index (χ1) is 15.2. The van der Waals surface area contributed by atoms with Crippen molar-refractivity contribution in [3.63, 3.8) is 0 Å². The van der Waals surface area contributed by atoms with Crippen molar-refractivity contribution in [3.8, 4) is 17.4 Å². The van der Waals surface area contributed by atoms with E-state index >= 15 is 0 Å². The normalized spacial score (nSPS) is 11.8. The lowest BCUT2D eigenvalue weighted by Gasteiger charge is -2.15. The quantitative estimate of drug-likeness (QED) is 0.536. The first kappa shape index (κ1) is 22.7. The number of amides is 1. The number of nitrogens with one attached hydrogen (secondary N) is 1. The van der Waals surface area contributed by atoms with Gasteiger partial charge in [-0.3, -0.25) is 4.79 Å². The predicted molar refractivity (Wildman–Crippen MR) is 110 cm³/mol. The molecule has 1 amide bonds. The SMILES string of the molecule is Cc1nn(C)c(Oc2cccc(OC(F)F)c2)c1C(=O)N[C@@H](C)c1ccc(C(=O)O)cc1. The highest BCUT2D eigenvalue weighted by atomic mass is 19.3. The van der Waals surface area contributed by atoms with Gasteiger partial charge in [0.15, 0.2) is 0 Å². The number of hydrogen-bond donors (Lipinski definition) is 2. The number of aromatic carboxylic acids is 1. The van der Waals surface area contributed by atoms with Gasteiger partial charge in [-0.25, -0.2) is 9.48 Å². The molecule has 0 spiro atoms. The second kappa shape index (κ2) is 9.46. The highest BCUT2D eigenvalue weighted by molar-refractivity contribution is 5.98. The Morgan fingerprint density at radius 2 is 1.78 bits per heavy atom. The molecule has 0 unspecified atom stereocenters. The van der Waals surface area contributed by atoms with Gasteiger partial charge in [0.05, 0.1) is 17.3 Å². The van der Waals surface area contributed by atoms with E-state index in [2.05, 4.69) is 15.2 Å². The van der Waals surface area contributed by atoms with E-state index in [0.29, 0.717) is 11.3 Å². The number of carbonyl (C=O) groups is 2. The molecule has 3 rings (SSSR count). The zero-order valence-electron chi connectivity index (χ0n) is 17.5. The third-order valence-electron chi connectivity index (χ3n) is 4.65. The Balaban J connectivity index is 1.81. The Bertz CT molecular complexity index is 1130. The van der Waals surface area contributed by atoms with Crippen LogP contribution in [-0.2, 0) is 7.05 Å².